The van der Waals surface area contributed by atoms with Gasteiger partial charge in [0.05, 0.1) is 6.10 Å². The van der Waals surface area contributed by atoms with Crippen LogP contribution in [0.3, 0.4) is 0 Å². The quantitative estimate of drug-likeness (QED) is 0.106. The molecule has 1 nitrogen and oxygen atoms in total. The van der Waals surface area contributed by atoms with E-state index in [0.717, 1.165) is 12.8 Å². The summed E-state index contributed by atoms with van der Waals surface area (Å²) in [5.41, 5.74) is 0. The molecule has 33 heavy (non-hydrogen) atoms. The smallest absolute Gasteiger partial charge is 0.0571 e. The van der Waals surface area contributed by atoms with Crippen molar-refractivity contribution in [2.45, 2.75) is 162 Å². The molecule has 0 spiro atoms. The normalized spacial score (nSPS) is 14.2. The summed E-state index contributed by atoms with van der Waals surface area (Å²) in [7, 11) is 0. The van der Waals surface area contributed by atoms with Crippen LogP contribution < -0.4 is 0 Å². The van der Waals surface area contributed by atoms with Crippen molar-refractivity contribution in [3.05, 3.63) is 36.5 Å². The second-order valence-electron chi connectivity index (χ2n) is 10.0. The first-order chi connectivity index (χ1) is 16.3. The Morgan fingerprint density at radius 1 is 0.424 bits per heavy atom. The summed E-state index contributed by atoms with van der Waals surface area (Å²) in [6.07, 6.45) is 40.0. The van der Waals surface area contributed by atoms with Crippen molar-refractivity contribution in [1.82, 2.24) is 0 Å². The standard InChI is InChI=1S/C32H60O/c1-4-7-10-13-16-18-21-23-26-29-31(28-25-22-20-17-14-11-8-5-2)32(33)30-27-24-19-15-12-9-6-3/h17-21,24,31-33H,4-16,22-23,25-30H2,1-3H3/b20-17-,21-18-,24-19-. The summed E-state index contributed by atoms with van der Waals surface area (Å²) in [6.45, 7) is 6.79. The zero-order valence-electron chi connectivity index (χ0n) is 22.9. The number of aliphatic hydroxyl groups is 1. The molecule has 0 saturated heterocycles. The molecule has 0 aromatic carbocycles. The SMILES string of the molecule is CCCCC/C=C\CCCC(CCC/C=C\CCCCCC)C(O)CC/C=C\CCCCC. The van der Waals surface area contributed by atoms with Gasteiger partial charge < -0.3 is 5.11 Å². The third kappa shape index (κ3) is 24.1. The van der Waals surface area contributed by atoms with Gasteiger partial charge >= 0.3 is 0 Å². The number of unbranched alkanes of at least 4 members (excludes halogenated alkanes) is 12. The maximum absolute atomic E-state index is 10.9. The van der Waals surface area contributed by atoms with Crippen LogP contribution in [0.25, 0.3) is 0 Å². The van der Waals surface area contributed by atoms with Gasteiger partial charge in [-0.25, -0.2) is 0 Å². The lowest BCUT2D eigenvalue weighted by atomic mass is 9.88. The number of aliphatic hydroxyl groups excluding tert-OH is 1. The lowest BCUT2D eigenvalue weighted by Crippen LogP contribution is -2.20. The predicted molar refractivity (Wildman–Crippen MR) is 151 cm³/mol. The van der Waals surface area contributed by atoms with Gasteiger partial charge in [0.25, 0.3) is 0 Å². The molecule has 0 aliphatic heterocycles. The summed E-state index contributed by atoms with van der Waals surface area (Å²) in [5, 5.41) is 10.9. The first kappa shape index (κ1) is 32.2. The molecule has 0 aliphatic carbocycles. The molecule has 0 fully saturated rings. The molecule has 2 unspecified atom stereocenters. The molecule has 194 valence electrons. The average molecular weight is 461 g/mol. The van der Waals surface area contributed by atoms with Crippen LogP contribution in [-0.4, -0.2) is 11.2 Å². The second-order valence-corrected chi connectivity index (χ2v) is 10.0. The number of hydrogen-bond donors (Lipinski definition) is 1. The van der Waals surface area contributed by atoms with Crippen molar-refractivity contribution >= 4 is 0 Å². The maximum Gasteiger partial charge on any atom is 0.0571 e. The molecular formula is C32H60O. The summed E-state index contributed by atoms with van der Waals surface area (Å²) in [4.78, 5) is 0. The molecular weight excluding hydrogens is 400 g/mol. The number of hydrogen-bond acceptors (Lipinski definition) is 1. The van der Waals surface area contributed by atoms with Crippen LogP contribution in [0.2, 0.25) is 0 Å². The zero-order valence-corrected chi connectivity index (χ0v) is 22.9. The van der Waals surface area contributed by atoms with Gasteiger partial charge in [0, 0.05) is 0 Å². The third-order valence-corrected chi connectivity index (χ3v) is 6.74. The van der Waals surface area contributed by atoms with E-state index in [-0.39, 0.29) is 6.10 Å². The predicted octanol–water partition coefficient (Wildman–Crippen LogP) is 10.9. The Bertz CT molecular complexity index is 447. The Hall–Kier alpha value is -0.820. The highest BCUT2D eigenvalue weighted by Crippen LogP contribution is 2.23. The minimum Gasteiger partial charge on any atom is -0.393 e. The first-order valence-electron chi connectivity index (χ1n) is 14.9. The molecule has 0 amide bonds. The average Bonchev–Trinajstić information content (AvgIpc) is 2.82. The Kier molecular flexibility index (Phi) is 26.7. The Morgan fingerprint density at radius 2 is 0.788 bits per heavy atom. The van der Waals surface area contributed by atoms with Crippen LogP contribution in [0.5, 0.6) is 0 Å². The van der Waals surface area contributed by atoms with E-state index in [2.05, 4.69) is 57.2 Å². The van der Waals surface area contributed by atoms with Gasteiger partial charge in [-0.2, -0.15) is 0 Å². The highest BCUT2D eigenvalue weighted by Gasteiger charge is 2.17. The van der Waals surface area contributed by atoms with Crippen molar-refractivity contribution in [3.8, 4) is 0 Å². The van der Waals surface area contributed by atoms with Crippen LogP contribution in [0.4, 0.5) is 0 Å². The topological polar surface area (TPSA) is 20.2 Å². The van der Waals surface area contributed by atoms with E-state index in [1.165, 1.54) is 122 Å². The molecule has 0 aromatic rings. The third-order valence-electron chi connectivity index (χ3n) is 6.74. The van der Waals surface area contributed by atoms with E-state index >= 15 is 0 Å². The van der Waals surface area contributed by atoms with Crippen LogP contribution in [-0.2, 0) is 0 Å². The highest BCUT2D eigenvalue weighted by molar-refractivity contribution is 4.86. The number of allylic oxidation sites excluding steroid dienone is 6. The van der Waals surface area contributed by atoms with Gasteiger partial charge in [-0.3, -0.25) is 0 Å². The Morgan fingerprint density at radius 3 is 1.24 bits per heavy atom. The van der Waals surface area contributed by atoms with Gasteiger partial charge in [-0.05, 0) is 95.8 Å². The van der Waals surface area contributed by atoms with Crippen molar-refractivity contribution < 1.29 is 5.11 Å². The van der Waals surface area contributed by atoms with E-state index in [4.69, 9.17) is 0 Å². The van der Waals surface area contributed by atoms with Crippen LogP contribution in [0.15, 0.2) is 36.5 Å². The van der Waals surface area contributed by atoms with Gasteiger partial charge in [0.2, 0.25) is 0 Å². The monoisotopic (exact) mass is 460 g/mol. The summed E-state index contributed by atoms with van der Waals surface area (Å²) >= 11 is 0. The van der Waals surface area contributed by atoms with Crippen LogP contribution in [0.1, 0.15) is 156 Å². The summed E-state index contributed by atoms with van der Waals surface area (Å²) in [6, 6.07) is 0. The van der Waals surface area contributed by atoms with E-state index in [1.54, 1.807) is 0 Å². The lowest BCUT2D eigenvalue weighted by molar-refractivity contribution is 0.0877. The minimum absolute atomic E-state index is 0.142. The fraction of sp³-hybridized carbons (Fsp3) is 0.812. The lowest BCUT2D eigenvalue weighted by Gasteiger charge is -2.22. The Balaban J connectivity index is 4.26. The molecule has 0 heterocycles. The molecule has 0 bridgehead atoms. The van der Waals surface area contributed by atoms with E-state index in [0.29, 0.717) is 5.92 Å². The summed E-state index contributed by atoms with van der Waals surface area (Å²) < 4.78 is 0. The zero-order chi connectivity index (χ0) is 24.2. The van der Waals surface area contributed by atoms with Crippen molar-refractivity contribution in [2.75, 3.05) is 0 Å². The van der Waals surface area contributed by atoms with Crippen molar-refractivity contribution in [1.29, 1.82) is 0 Å². The molecule has 2 atom stereocenters. The molecule has 0 rings (SSSR count). The maximum atomic E-state index is 10.9. The fourth-order valence-corrected chi connectivity index (χ4v) is 4.45. The van der Waals surface area contributed by atoms with Crippen molar-refractivity contribution in [2.24, 2.45) is 5.92 Å². The number of rotatable bonds is 25. The summed E-state index contributed by atoms with van der Waals surface area (Å²) in [5.74, 6) is 0.463. The fourth-order valence-electron chi connectivity index (χ4n) is 4.45. The first-order valence-corrected chi connectivity index (χ1v) is 14.9. The van der Waals surface area contributed by atoms with E-state index < -0.39 is 0 Å². The minimum atomic E-state index is -0.142. The van der Waals surface area contributed by atoms with E-state index in [1.807, 2.05) is 0 Å². The molecule has 0 aromatic heterocycles. The second kappa shape index (κ2) is 27.4. The van der Waals surface area contributed by atoms with Gasteiger partial charge in [-0.15, -0.1) is 0 Å². The molecule has 1 heteroatoms. The molecule has 0 aliphatic rings. The molecule has 0 radical (unpaired) electrons. The van der Waals surface area contributed by atoms with Crippen molar-refractivity contribution in [3.63, 3.8) is 0 Å². The van der Waals surface area contributed by atoms with Crippen LogP contribution >= 0.6 is 0 Å². The molecule has 1 N–H and O–H groups in total. The van der Waals surface area contributed by atoms with E-state index in [9.17, 15) is 5.11 Å². The highest BCUT2D eigenvalue weighted by atomic mass is 16.3. The van der Waals surface area contributed by atoms with Gasteiger partial charge in [0.15, 0.2) is 0 Å². The largest absolute Gasteiger partial charge is 0.393 e. The van der Waals surface area contributed by atoms with Crippen LogP contribution in [0, 0.1) is 5.92 Å². The Labute approximate surface area is 209 Å². The van der Waals surface area contributed by atoms with Gasteiger partial charge in [-0.1, -0.05) is 102 Å². The van der Waals surface area contributed by atoms with Gasteiger partial charge in [0.1, 0.15) is 0 Å². The molecule has 0 saturated carbocycles.